The number of nitrogens with zero attached hydrogens (tertiary/aromatic N) is 4. The minimum absolute atomic E-state index is 0.0944. The highest BCUT2D eigenvalue weighted by atomic mass is 19.4. The van der Waals surface area contributed by atoms with Crippen LogP contribution in [0.5, 0.6) is 0 Å². The first-order valence-corrected chi connectivity index (χ1v) is 9.72. The molecule has 0 radical (unpaired) electrons. The van der Waals surface area contributed by atoms with Crippen LogP contribution in [0.4, 0.5) is 13.2 Å². The van der Waals surface area contributed by atoms with Crippen LogP contribution in [0, 0.1) is 18.8 Å². The molecule has 0 aromatic carbocycles. The second kappa shape index (κ2) is 7.45. The highest BCUT2D eigenvalue weighted by Crippen LogP contribution is 2.36. The SMILES string of the molecule is Cc1c(C(=O)N2C[C@H](C)C[C@@H](C)C2)c(C(F)(F)F)nn1C1CCN(C)CC1. The third kappa shape index (κ3) is 4.15. The number of hydrogen-bond donors (Lipinski definition) is 0. The highest BCUT2D eigenvalue weighted by molar-refractivity contribution is 5.96. The van der Waals surface area contributed by atoms with Gasteiger partial charge in [0.1, 0.15) is 0 Å². The quantitative estimate of drug-likeness (QED) is 0.780. The number of amides is 1. The summed E-state index contributed by atoms with van der Waals surface area (Å²) < 4.78 is 42.5. The van der Waals surface area contributed by atoms with Crippen molar-refractivity contribution in [3.63, 3.8) is 0 Å². The lowest BCUT2D eigenvalue weighted by Gasteiger charge is -2.35. The molecule has 3 heterocycles. The third-order valence-electron chi connectivity index (χ3n) is 5.82. The fourth-order valence-electron chi connectivity index (χ4n) is 4.56. The first kappa shape index (κ1) is 20.2. The molecule has 27 heavy (non-hydrogen) atoms. The Morgan fingerprint density at radius 1 is 1.11 bits per heavy atom. The zero-order valence-electron chi connectivity index (χ0n) is 16.5. The van der Waals surface area contributed by atoms with E-state index in [4.69, 9.17) is 0 Å². The topological polar surface area (TPSA) is 41.4 Å². The molecule has 2 aliphatic heterocycles. The first-order chi connectivity index (χ1) is 12.6. The van der Waals surface area contributed by atoms with E-state index in [-0.39, 0.29) is 23.4 Å². The van der Waals surface area contributed by atoms with Gasteiger partial charge in [0.15, 0.2) is 5.69 Å². The predicted molar refractivity (Wildman–Crippen MR) is 96.6 cm³/mol. The number of halogens is 3. The van der Waals surface area contributed by atoms with Crippen LogP contribution >= 0.6 is 0 Å². The summed E-state index contributed by atoms with van der Waals surface area (Å²) in [5.41, 5.74) is -0.953. The van der Waals surface area contributed by atoms with Gasteiger partial charge in [0.25, 0.3) is 5.91 Å². The third-order valence-corrected chi connectivity index (χ3v) is 5.82. The molecule has 8 heteroatoms. The molecule has 0 spiro atoms. The molecule has 1 aromatic rings. The van der Waals surface area contributed by atoms with E-state index in [9.17, 15) is 18.0 Å². The lowest BCUT2D eigenvalue weighted by atomic mass is 9.91. The van der Waals surface area contributed by atoms with Gasteiger partial charge in [-0.1, -0.05) is 13.8 Å². The average molecular weight is 386 g/mol. The fourth-order valence-corrected chi connectivity index (χ4v) is 4.56. The van der Waals surface area contributed by atoms with Gasteiger partial charge in [0, 0.05) is 18.8 Å². The second-order valence-electron chi connectivity index (χ2n) is 8.44. The van der Waals surface area contributed by atoms with Crippen LogP contribution in [-0.4, -0.2) is 58.7 Å². The largest absolute Gasteiger partial charge is 0.435 e. The number of likely N-dealkylation sites (tertiary alicyclic amines) is 2. The lowest BCUT2D eigenvalue weighted by molar-refractivity contribution is -0.142. The maximum atomic E-state index is 13.7. The van der Waals surface area contributed by atoms with Crippen molar-refractivity contribution in [2.45, 2.75) is 52.3 Å². The van der Waals surface area contributed by atoms with Crippen molar-refractivity contribution in [2.24, 2.45) is 11.8 Å². The van der Waals surface area contributed by atoms with Crippen molar-refractivity contribution in [2.75, 3.05) is 33.2 Å². The van der Waals surface area contributed by atoms with Crippen LogP contribution in [0.3, 0.4) is 0 Å². The van der Waals surface area contributed by atoms with Gasteiger partial charge in [-0.15, -0.1) is 0 Å². The summed E-state index contributed by atoms with van der Waals surface area (Å²) in [5.74, 6) is 0.0462. The Balaban J connectivity index is 1.96. The Kier molecular flexibility index (Phi) is 5.57. The van der Waals surface area contributed by atoms with Crippen LogP contribution in [0.15, 0.2) is 0 Å². The maximum absolute atomic E-state index is 13.7. The summed E-state index contributed by atoms with van der Waals surface area (Å²) in [7, 11) is 2.00. The van der Waals surface area contributed by atoms with Gasteiger partial charge in [-0.2, -0.15) is 18.3 Å². The van der Waals surface area contributed by atoms with E-state index < -0.39 is 17.8 Å². The minimum Gasteiger partial charge on any atom is -0.338 e. The van der Waals surface area contributed by atoms with Gasteiger partial charge in [0.05, 0.1) is 11.6 Å². The molecule has 1 aromatic heterocycles. The van der Waals surface area contributed by atoms with E-state index in [2.05, 4.69) is 10.00 Å². The molecule has 3 rings (SSSR count). The second-order valence-corrected chi connectivity index (χ2v) is 8.44. The maximum Gasteiger partial charge on any atom is 0.435 e. The van der Waals surface area contributed by atoms with Gasteiger partial charge in [-0.05, 0) is 58.2 Å². The minimum atomic E-state index is -4.64. The predicted octanol–water partition coefficient (Wildman–Crippen LogP) is 3.60. The molecular weight excluding hydrogens is 357 g/mol. The van der Waals surface area contributed by atoms with E-state index in [1.54, 1.807) is 11.8 Å². The van der Waals surface area contributed by atoms with Crippen molar-refractivity contribution < 1.29 is 18.0 Å². The summed E-state index contributed by atoms with van der Waals surface area (Å²) in [6.45, 7) is 8.31. The Morgan fingerprint density at radius 3 is 2.19 bits per heavy atom. The zero-order valence-corrected chi connectivity index (χ0v) is 16.5. The Hall–Kier alpha value is -1.57. The molecule has 0 N–H and O–H groups in total. The van der Waals surface area contributed by atoms with Crippen LogP contribution in [-0.2, 0) is 6.18 Å². The van der Waals surface area contributed by atoms with E-state index in [1.165, 1.54) is 4.68 Å². The van der Waals surface area contributed by atoms with Gasteiger partial charge >= 0.3 is 6.18 Å². The number of rotatable bonds is 2. The molecule has 0 unspecified atom stereocenters. The molecule has 2 atom stereocenters. The van der Waals surface area contributed by atoms with Crippen LogP contribution in [0.1, 0.15) is 60.9 Å². The van der Waals surface area contributed by atoms with Crippen molar-refractivity contribution in [1.82, 2.24) is 19.6 Å². The van der Waals surface area contributed by atoms with Gasteiger partial charge in [-0.3, -0.25) is 9.48 Å². The van der Waals surface area contributed by atoms with Gasteiger partial charge < -0.3 is 9.80 Å². The lowest BCUT2D eigenvalue weighted by Crippen LogP contribution is -2.43. The molecule has 0 bridgehead atoms. The smallest absolute Gasteiger partial charge is 0.338 e. The molecule has 2 aliphatic rings. The summed E-state index contributed by atoms with van der Waals surface area (Å²) in [5, 5.41) is 3.91. The number of alkyl halides is 3. The molecule has 2 saturated heterocycles. The molecule has 2 fully saturated rings. The Morgan fingerprint density at radius 2 is 1.67 bits per heavy atom. The molecule has 1 amide bonds. The van der Waals surface area contributed by atoms with Crippen molar-refractivity contribution in [3.05, 3.63) is 17.0 Å². The van der Waals surface area contributed by atoms with E-state index in [1.807, 2.05) is 20.9 Å². The molecule has 0 aliphatic carbocycles. The highest BCUT2D eigenvalue weighted by Gasteiger charge is 2.43. The van der Waals surface area contributed by atoms with E-state index in [0.29, 0.717) is 18.8 Å². The van der Waals surface area contributed by atoms with Crippen LogP contribution < -0.4 is 0 Å². The standard InChI is InChI=1S/C19H29F3N4O/c1-12-9-13(2)11-25(10-12)18(27)16-14(3)26(23-17(16)19(20,21)22)15-5-7-24(4)8-6-15/h12-13,15H,5-11H2,1-4H3/t12-,13-/m1/s1. The zero-order chi connectivity index (χ0) is 19.9. The first-order valence-electron chi connectivity index (χ1n) is 9.72. The summed E-state index contributed by atoms with van der Waals surface area (Å²) >= 11 is 0. The van der Waals surface area contributed by atoms with Crippen LogP contribution in [0.2, 0.25) is 0 Å². The van der Waals surface area contributed by atoms with Crippen LogP contribution in [0.25, 0.3) is 0 Å². The number of hydrogen-bond acceptors (Lipinski definition) is 3. The average Bonchev–Trinajstić information content (AvgIpc) is 2.91. The van der Waals surface area contributed by atoms with Crippen molar-refractivity contribution >= 4 is 5.91 Å². The fraction of sp³-hybridized carbons (Fsp3) is 0.789. The monoisotopic (exact) mass is 386 g/mol. The van der Waals surface area contributed by atoms with Crippen molar-refractivity contribution in [3.8, 4) is 0 Å². The van der Waals surface area contributed by atoms with E-state index >= 15 is 0 Å². The van der Waals surface area contributed by atoms with Gasteiger partial charge in [0.2, 0.25) is 0 Å². The number of aromatic nitrogens is 2. The molecular formula is C19H29F3N4O. The Labute approximate surface area is 158 Å². The normalized spacial score (nSPS) is 25.8. The summed E-state index contributed by atoms with van der Waals surface area (Å²) in [6, 6.07) is -0.0944. The Bertz CT molecular complexity index is 682. The summed E-state index contributed by atoms with van der Waals surface area (Å²) in [6.07, 6.45) is -2.17. The number of carbonyl (C=O) groups is 1. The molecule has 0 saturated carbocycles. The summed E-state index contributed by atoms with van der Waals surface area (Å²) in [4.78, 5) is 16.8. The number of carbonyl (C=O) groups excluding carboxylic acids is 1. The molecule has 152 valence electrons. The van der Waals surface area contributed by atoms with Gasteiger partial charge in [-0.25, -0.2) is 0 Å². The number of piperidine rings is 2. The molecule has 5 nitrogen and oxygen atoms in total. The van der Waals surface area contributed by atoms with Crippen molar-refractivity contribution in [1.29, 1.82) is 0 Å². The van der Waals surface area contributed by atoms with E-state index in [0.717, 1.165) is 32.4 Å².